The van der Waals surface area contributed by atoms with Gasteiger partial charge in [0.25, 0.3) is 5.91 Å². The van der Waals surface area contributed by atoms with Crippen LogP contribution in [0.4, 0.5) is 5.69 Å². The van der Waals surface area contributed by atoms with E-state index in [0.717, 1.165) is 0 Å². The lowest BCUT2D eigenvalue weighted by Crippen LogP contribution is -2.38. The first-order valence-corrected chi connectivity index (χ1v) is 8.81. The molecule has 0 radical (unpaired) electrons. The molecule has 144 valence electrons. The molecule has 0 bridgehead atoms. The van der Waals surface area contributed by atoms with Crippen molar-refractivity contribution in [2.75, 3.05) is 31.6 Å². The zero-order valence-electron chi connectivity index (χ0n) is 15.3. The largest absolute Gasteiger partial charge is 0.481 e. The third-order valence-corrected chi connectivity index (χ3v) is 3.97. The van der Waals surface area contributed by atoms with Gasteiger partial charge in [-0.05, 0) is 31.5 Å². The van der Waals surface area contributed by atoms with Gasteiger partial charge in [0.05, 0.1) is 16.5 Å². The number of anilines is 1. The number of nitrogens with zero attached hydrogens (tertiary/aromatic N) is 1. The number of carboxylic acid groups (broad SMARTS) is 1. The lowest BCUT2D eigenvalue weighted by atomic mass is 10.1. The molecule has 0 fully saturated rings. The van der Waals surface area contributed by atoms with Crippen LogP contribution >= 0.6 is 11.6 Å². The molecule has 1 atom stereocenters. The van der Waals surface area contributed by atoms with Crippen molar-refractivity contribution >= 4 is 35.1 Å². The molecule has 1 aromatic carbocycles. The molecule has 0 heterocycles. The Balaban J connectivity index is 3.01. The third-order valence-electron chi connectivity index (χ3n) is 3.64. The van der Waals surface area contributed by atoms with Gasteiger partial charge in [0.15, 0.2) is 0 Å². The lowest BCUT2D eigenvalue weighted by molar-refractivity contribution is -0.141. The fourth-order valence-electron chi connectivity index (χ4n) is 2.33. The lowest BCUT2D eigenvalue weighted by Gasteiger charge is -2.25. The van der Waals surface area contributed by atoms with Crippen molar-refractivity contribution < 1.29 is 24.2 Å². The highest BCUT2D eigenvalue weighted by atomic mass is 35.5. The van der Waals surface area contributed by atoms with E-state index in [1.165, 1.54) is 24.0 Å². The summed E-state index contributed by atoms with van der Waals surface area (Å²) in [5.74, 6) is -2.35. The van der Waals surface area contributed by atoms with Gasteiger partial charge < -0.3 is 20.1 Å². The van der Waals surface area contributed by atoms with Crippen LogP contribution in [0.1, 0.15) is 37.6 Å². The van der Waals surface area contributed by atoms with Crippen LogP contribution in [0.5, 0.6) is 0 Å². The maximum Gasteiger partial charge on any atom is 0.308 e. The molecule has 0 spiro atoms. The van der Waals surface area contributed by atoms with Crippen LogP contribution in [0.2, 0.25) is 5.02 Å². The molecule has 0 saturated carbocycles. The number of benzene rings is 1. The monoisotopic (exact) mass is 384 g/mol. The van der Waals surface area contributed by atoms with Crippen LogP contribution in [0, 0.1) is 5.92 Å². The molecule has 1 rings (SSSR count). The molecule has 7 nitrogen and oxygen atoms in total. The molecule has 0 aliphatic heterocycles. The van der Waals surface area contributed by atoms with Gasteiger partial charge in [-0.15, -0.1) is 0 Å². The van der Waals surface area contributed by atoms with Crippen molar-refractivity contribution in [2.24, 2.45) is 5.92 Å². The minimum absolute atomic E-state index is 0.0565. The summed E-state index contributed by atoms with van der Waals surface area (Å²) < 4.78 is 5.28. The summed E-state index contributed by atoms with van der Waals surface area (Å²) in [6, 6.07) is 4.62. The Morgan fingerprint density at radius 3 is 2.62 bits per heavy atom. The van der Waals surface area contributed by atoms with Crippen molar-refractivity contribution in [1.29, 1.82) is 0 Å². The number of halogens is 1. The Morgan fingerprint density at radius 2 is 2.04 bits per heavy atom. The van der Waals surface area contributed by atoms with Gasteiger partial charge in [0.2, 0.25) is 5.91 Å². The quantitative estimate of drug-likeness (QED) is 0.604. The number of hydrogen-bond acceptors (Lipinski definition) is 4. The zero-order chi connectivity index (χ0) is 19.7. The Labute approximate surface area is 158 Å². The maximum atomic E-state index is 12.9. The minimum Gasteiger partial charge on any atom is -0.481 e. The van der Waals surface area contributed by atoms with E-state index in [2.05, 4.69) is 5.32 Å². The molecular formula is C18H25ClN2O5. The summed E-state index contributed by atoms with van der Waals surface area (Å²) in [6.45, 7) is 6.23. The summed E-state index contributed by atoms with van der Waals surface area (Å²) in [4.78, 5) is 36.8. The average molecular weight is 385 g/mol. The molecule has 26 heavy (non-hydrogen) atoms. The van der Waals surface area contributed by atoms with E-state index in [-0.39, 0.29) is 28.9 Å². The van der Waals surface area contributed by atoms with Crippen molar-refractivity contribution in [3.8, 4) is 0 Å². The fourth-order valence-corrected chi connectivity index (χ4v) is 2.53. The molecule has 1 aromatic rings. The van der Waals surface area contributed by atoms with E-state index in [0.29, 0.717) is 31.9 Å². The fraction of sp³-hybridized carbons (Fsp3) is 0.500. The Kier molecular flexibility index (Phi) is 9.09. The second kappa shape index (κ2) is 10.8. The summed E-state index contributed by atoms with van der Waals surface area (Å²) in [7, 11) is 0. The number of carbonyl (C=O) groups is 3. The van der Waals surface area contributed by atoms with E-state index in [9.17, 15) is 14.4 Å². The third kappa shape index (κ3) is 7.01. The van der Waals surface area contributed by atoms with Crippen molar-refractivity contribution in [1.82, 2.24) is 4.90 Å². The second-order valence-electron chi connectivity index (χ2n) is 5.92. The second-order valence-corrected chi connectivity index (χ2v) is 6.32. The highest BCUT2D eigenvalue weighted by molar-refractivity contribution is 6.34. The van der Waals surface area contributed by atoms with E-state index in [1.54, 1.807) is 13.0 Å². The highest BCUT2D eigenvalue weighted by Crippen LogP contribution is 2.23. The van der Waals surface area contributed by atoms with Crippen molar-refractivity contribution in [2.45, 2.75) is 27.2 Å². The van der Waals surface area contributed by atoms with Crippen molar-refractivity contribution in [3.63, 3.8) is 0 Å². The molecule has 2 N–H and O–H groups in total. The SMILES string of the molecule is CCOCCCN(CC(C)C(=O)O)C(=O)c1cc(NC(C)=O)ccc1Cl. The van der Waals surface area contributed by atoms with Crippen LogP contribution in [-0.4, -0.2) is 54.1 Å². The Bertz CT molecular complexity index is 650. The van der Waals surface area contributed by atoms with E-state index >= 15 is 0 Å². The predicted molar refractivity (Wildman–Crippen MR) is 99.6 cm³/mol. The first-order valence-electron chi connectivity index (χ1n) is 8.43. The number of ether oxygens (including phenoxy) is 1. The van der Waals surface area contributed by atoms with E-state index in [4.69, 9.17) is 21.4 Å². The van der Waals surface area contributed by atoms with Crippen LogP contribution < -0.4 is 5.32 Å². The molecular weight excluding hydrogens is 360 g/mol. The van der Waals surface area contributed by atoms with Crippen LogP contribution in [0.3, 0.4) is 0 Å². The molecule has 0 aliphatic rings. The van der Waals surface area contributed by atoms with Crippen LogP contribution in [-0.2, 0) is 14.3 Å². The van der Waals surface area contributed by atoms with Crippen LogP contribution in [0.15, 0.2) is 18.2 Å². The van der Waals surface area contributed by atoms with E-state index in [1.807, 2.05) is 6.92 Å². The summed E-state index contributed by atoms with van der Waals surface area (Å²) in [5.41, 5.74) is 0.665. The summed E-state index contributed by atoms with van der Waals surface area (Å²) in [5, 5.41) is 12.0. The molecule has 0 aliphatic carbocycles. The van der Waals surface area contributed by atoms with Gasteiger partial charge in [-0.25, -0.2) is 0 Å². The summed E-state index contributed by atoms with van der Waals surface area (Å²) >= 11 is 6.15. The topological polar surface area (TPSA) is 95.9 Å². The summed E-state index contributed by atoms with van der Waals surface area (Å²) in [6.07, 6.45) is 0.578. The minimum atomic E-state index is -0.981. The zero-order valence-corrected chi connectivity index (χ0v) is 16.0. The highest BCUT2D eigenvalue weighted by Gasteiger charge is 2.23. The first kappa shape index (κ1) is 21.9. The van der Waals surface area contributed by atoms with Gasteiger partial charge in [0.1, 0.15) is 0 Å². The number of rotatable bonds is 10. The number of nitrogens with one attached hydrogen (secondary N) is 1. The Hall–Kier alpha value is -2.12. The molecule has 8 heteroatoms. The number of hydrogen-bond donors (Lipinski definition) is 2. The maximum absolute atomic E-state index is 12.9. The standard InChI is InChI=1S/C18H25ClN2O5/c1-4-26-9-5-8-21(11-12(2)18(24)25)17(23)15-10-14(20-13(3)22)6-7-16(15)19/h6-7,10,12H,4-5,8-9,11H2,1-3H3,(H,20,22)(H,24,25). The molecule has 0 aromatic heterocycles. The Morgan fingerprint density at radius 1 is 1.35 bits per heavy atom. The van der Waals surface area contributed by atoms with Gasteiger partial charge in [0, 0.05) is 38.9 Å². The number of carboxylic acids is 1. The first-order chi connectivity index (χ1) is 12.3. The van der Waals surface area contributed by atoms with E-state index < -0.39 is 11.9 Å². The molecule has 2 amide bonds. The normalized spacial score (nSPS) is 11.7. The van der Waals surface area contributed by atoms with Crippen LogP contribution in [0.25, 0.3) is 0 Å². The van der Waals surface area contributed by atoms with Gasteiger partial charge >= 0.3 is 5.97 Å². The smallest absolute Gasteiger partial charge is 0.308 e. The number of aliphatic carboxylic acids is 1. The average Bonchev–Trinajstić information content (AvgIpc) is 2.58. The number of amides is 2. The number of carbonyl (C=O) groups excluding carboxylic acids is 2. The van der Waals surface area contributed by atoms with Crippen molar-refractivity contribution in [3.05, 3.63) is 28.8 Å². The molecule has 0 saturated heterocycles. The van der Waals surface area contributed by atoms with Gasteiger partial charge in [-0.3, -0.25) is 14.4 Å². The predicted octanol–water partition coefficient (Wildman–Crippen LogP) is 2.89. The molecule has 1 unspecified atom stereocenters. The van der Waals surface area contributed by atoms with Gasteiger partial charge in [-0.2, -0.15) is 0 Å². The van der Waals surface area contributed by atoms with Gasteiger partial charge in [-0.1, -0.05) is 18.5 Å².